The number of hydrogen-bond acceptors (Lipinski definition) is 4. The molecule has 0 heterocycles. The second-order valence-electron chi connectivity index (χ2n) is 6.43. The standard InChI is InChI=1S/C24H19ClFNO4/c1-30-23-14-16(6-12-21(28)17-8-10-18(26)11-9-17)7-13-22(23)31-15-24(29)27-20-5-3-2-4-19(20)25/h2-14H,15H2,1H3,(H,27,29)/b12-6+. The Labute approximate surface area is 184 Å². The van der Waals surface area contributed by atoms with Crippen molar-refractivity contribution in [2.45, 2.75) is 0 Å². The number of ketones is 1. The van der Waals surface area contributed by atoms with E-state index in [4.69, 9.17) is 21.1 Å². The Morgan fingerprint density at radius 3 is 2.48 bits per heavy atom. The Balaban J connectivity index is 1.62. The van der Waals surface area contributed by atoms with E-state index in [0.717, 1.165) is 0 Å². The van der Waals surface area contributed by atoms with E-state index in [2.05, 4.69) is 5.32 Å². The highest BCUT2D eigenvalue weighted by atomic mass is 35.5. The Morgan fingerprint density at radius 2 is 1.77 bits per heavy atom. The third-order valence-electron chi connectivity index (χ3n) is 4.25. The highest BCUT2D eigenvalue weighted by Crippen LogP contribution is 2.29. The number of halogens is 2. The molecule has 158 valence electrons. The van der Waals surface area contributed by atoms with Crippen LogP contribution in [-0.4, -0.2) is 25.4 Å². The molecule has 0 aliphatic carbocycles. The third-order valence-corrected chi connectivity index (χ3v) is 4.58. The van der Waals surface area contributed by atoms with E-state index >= 15 is 0 Å². The van der Waals surface area contributed by atoms with Crippen LogP contribution in [0.15, 0.2) is 72.8 Å². The lowest BCUT2D eigenvalue weighted by atomic mass is 10.1. The van der Waals surface area contributed by atoms with Crippen molar-refractivity contribution < 1.29 is 23.5 Å². The number of ether oxygens (including phenoxy) is 2. The summed E-state index contributed by atoms with van der Waals surface area (Å²) in [5, 5.41) is 3.10. The molecule has 0 aromatic heterocycles. The topological polar surface area (TPSA) is 64.6 Å². The molecular weight excluding hydrogens is 421 g/mol. The fourth-order valence-electron chi connectivity index (χ4n) is 2.68. The number of benzene rings is 3. The van der Waals surface area contributed by atoms with E-state index in [1.54, 1.807) is 48.5 Å². The van der Waals surface area contributed by atoms with E-state index in [-0.39, 0.29) is 18.3 Å². The Hall–Kier alpha value is -3.64. The van der Waals surface area contributed by atoms with Gasteiger partial charge in [0, 0.05) is 5.56 Å². The monoisotopic (exact) mass is 439 g/mol. The van der Waals surface area contributed by atoms with Crippen LogP contribution in [0.4, 0.5) is 10.1 Å². The maximum absolute atomic E-state index is 13.0. The summed E-state index contributed by atoms with van der Waals surface area (Å²) in [6, 6.07) is 17.2. The molecule has 0 spiro atoms. The number of carbonyl (C=O) groups excluding carboxylic acids is 2. The number of para-hydroxylation sites is 1. The Bertz CT molecular complexity index is 1110. The van der Waals surface area contributed by atoms with Gasteiger partial charge < -0.3 is 14.8 Å². The van der Waals surface area contributed by atoms with Gasteiger partial charge in [0.2, 0.25) is 0 Å². The van der Waals surface area contributed by atoms with Crippen LogP contribution < -0.4 is 14.8 Å². The van der Waals surface area contributed by atoms with Crippen LogP contribution >= 0.6 is 11.6 Å². The summed E-state index contributed by atoms with van der Waals surface area (Å²) >= 11 is 6.03. The first-order valence-corrected chi connectivity index (χ1v) is 9.67. The van der Waals surface area contributed by atoms with Crippen molar-refractivity contribution in [1.82, 2.24) is 0 Å². The lowest BCUT2D eigenvalue weighted by Crippen LogP contribution is -2.20. The van der Waals surface area contributed by atoms with Crippen LogP contribution in [0.2, 0.25) is 5.02 Å². The first kappa shape index (κ1) is 22.1. The second kappa shape index (κ2) is 10.4. The van der Waals surface area contributed by atoms with Crippen LogP contribution in [0.1, 0.15) is 15.9 Å². The lowest BCUT2D eigenvalue weighted by molar-refractivity contribution is -0.118. The largest absolute Gasteiger partial charge is 0.493 e. The minimum absolute atomic E-state index is 0.236. The molecule has 0 saturated carbocycles. The average molecular weight is 440 g/mol. The number of nitrogens with one attached hydrogen (secondary N) is 1. The molecular formula is C24H19ClFNO4. The van der Waals surface area contributed by atoms with Crippen molar-refractivity contribution in [2.75, 3.05) is 19.0 Å². The fraction of sp³-hybridized carbons (Fsp3) is 0.0833. The SMILES string of the molecule is COc1cc(/C=C/C(=O)c2ccc(F)cc2)ccc1OCC(=O)Nc1ccccc1Cl. The smallest absolute Gasteiger partial charge is 0.262 e. The molecule has 0 fully saturated rings. The summed E-state index contributed by atoms with van der Waals surface area (Å²) in [6.07, 6.45) is 3.00. The molecule has 7 heteroatoms. The van der Waals surface area contributed by atoms with Crippen molar-refractivity contribution in [3.8, 4) is 11.5 Å². The maximum atomic E-state index is 13.0. The first-order valence-electron chi connectivity index (χ1n) is 9.29. The molecule has 3 aromatic carbocycles. The van der Waals surface area contributed by atoms with Gasteiger partial charge in [-0.2, -0.15) is 0 Å². The number of rotatable bonds is 8. The summed E-state index contributed by atoms with van der Waals surface area (Å²) in [5.74, 6) is -0.248. The number of carbonyl (C=O) groups is 2. The molecule has 0 radical (unpaired) electrons. The van der Waals surface area contributed by atoms with E-state index in [0.29, 0.717) is 33.3 Å². The van der Waals surface area contributed by atoms with Crippen LogP contribution in [0.5, 0.6) is 11.5 Å². The van der Waals surface area contributed by atoms with E-state index < -0.39 is 5.82 Å². The Kier molecular flexibility index (Phi) is 7.40. The van der Waals surface area contributed by atoms with Gasteiger partial charge in [-0.3, -0.25) is 9.59 Å². The summed E-state index contributed by atoms with van der Waals surface area (Å²) in [7, 11) is 1.48. The van der Waals surface area contributed by atoms with Gasteiger partial charge in [-0.05, 0) is 60.2 Å². The van der Waals surface area contributed by atoms with Gasteiger partial charge in [-0.15, -0.1) is 0 Å². The summed E-state index contributed by atoms with van der Waals surface area (Å²) in [4.78, 5) is 24.3. The van der Waals surface area contributed by atoms with Crippen molar-refractivity contribution in [1.29, 1.82) is 0 Å². The van der Waals surface area contributed by atoms with Gasteiger partial charge in [-0.1, -0.05) is 35.9 Å². The molecule has 1 N–H and O–H groups in total. The quantitative estimate of drug-likeness (QED) is 0.377. The molecule has 1 amide bonds. The highest BCUT2D eigenvalue weighted by Gasteiger charge is 2.10. The molecule has 0 unspecified atom stereocenters. The van der Waals surface area contributed by atoms with E-state index in [1.807, 2.05) is 0 Å². The van der Waals surface area contributed by atoms with Crippen LogP contribution in [0.25, 0.3) is 6.08 Å². The van der Waals surface area contributed by atoms with Crippen molar-refractivity contribution in [3.63, 3.8) is 0 Å². The molecule has 3 aromatic rings. The predicted molar refractivity (Wildman–Crippen MR) is 118 cm³/mol. The summed E-state index contributed by atoms with van der Waals surface area (Å²) < 4.78 is 23.9. The predicted octanol–water partition coefficient (Wildman–Crippen LogP) is 5.40. The Morgan fingerprint density at radius 1 is 1.03 bits per heavy atom. The second-order valence-corrected chi connectivity index (χ2v) is 6.84. The molecule has 0 aliphatic rings. The van der Waals surface area contributed by atoms with E-state index in [1.165, 1.54) is 37.5 Å². The summed E-state index contributed by atoms with van der Waals surface area (Å²) in [6.45, 7) is -0.236. The van der Waals surface area contributed by atoms with Gasteiger partial charge >= 0.3 is 0 Å². The average Bonchev–Trinajstić information content (AvgIpc) is 2.78. The van der Waals surface area contributed by atoms with Crippen molar-refractivity contribution in [3.05, 3.63) is 94.8 Å². The van der Waals surface area contributed by atoms with Gasteiger partial charge in [0.15, 0.2) is 23.9 Å². The molecule has 31 heavy (non-hydrogen) atoms. The summed E-state index contributed by atoms with van der Waals surface area (Å²) in [5.41, 5.74) is 1.57. The highest BCUT2D eigenvalue weighted by molar-refractivity contribution is 6.33. The molecule has 0 aliphatic heterocycles. The fourth-order valence-corrected chi connectivity index (χ4v) is 2.86. The molecule has 5 nitrogen and oxygen atoms in total. The maximum Gasteiger partial charge on any atom is 0.262 e. The molecule has 3 rings (SSSR count). The zero-order valence-corrected chi connectivity index (χ0v) is 17.4. The molecule has 0 saturated heterocycles. The minimum Gasteiger partial charge on any atom is -0.493 e. The lowest BCUT2D eigenvalue weighted by Gasteiger charge is -2.12. The zero-order valence-electron chi connectivity index (χ0n) is 16.6. The number of methoxy groups -OCH3 is 1. The first-order chi connectivity index (χ1) is 15.0. The van der Waals surface area contributed by atoms with Crippen LogP contribution in [0, 0.1) is 5.82 Å². The number of allylic oxidation sites excluding steroid dienone is 1. The minimum atomic E-state index is -0.401. The zero-order chi connectivity index (χ0) is 22.2. The van der Waals surface area contributed by atoms with Gasteiger partial charge in [0.25, 0.3) is 5.91 Å². The molecule has 0 atom stereocenters. The van der Waals surface area contributed by atoms with Crippen molar-refractivity contribution >= 4 is 35.1 Å². The van der Waals surface area contributed by atoms with E-state index in [9.17, 15) is 14.0 Å². The third kappa shape index (κ3) is 6.17. The molecule has 0 bridgehead atoms. The number of hydrogen-bond donors (Lipinski definition) is 1. The van der Waals surface area contributed by atoms with Crippen molar-refractivity contribution in [2.24, 2.45) is 0 Å². The van der Waals surface area contributed by atoms with Gasteiger partial charge in [0.1, 0.15) is 5.82 Å². The van der Waals surface area contributed by atoms with Gasteiger partial charge in [0.05, 0.1) is 17.8 Å². The van der Waals surface area contributed by atoms with Crippen LogP contribution in [0.3, 0.4) is 0 Å². The van der Waals surface area contributed by atoms with Gasteiger partial charge in [-0.25, -0.2) is 4.39 Å². The number of amides is 1. The number of anilines is 1. The normalized spacial score (nSPS) is 10.7. The van der Waals surface area contributed by atoms with Crippen LogP contribution in [-0.2, 0) is 4.79 Å².